The predicted molar refractivity (Wildman–Crippen MR) is 112 cm³/mol. The fourth-order valence-corrected chi connectivity index (χ4v) is 4.09. The zero-order valence-electron chi connectivity index (χ0n) is 15.2. The molecule has 6 nitrogen and oxygen atoms in total. The lowest BCUT2D eigenvalue weighted by molar-refractivity contribution is 0.417. The van der Waals surface area contributed by atoms with Gasteiger partial charge in [0.05, 0.1) is 12.8 Å². The lowest BCUT2D eigenvalue weighted by atomic mass is 10.0. The van der Waals surface area contributed by atoms with Gasteiger partial charge in [-0.1, -0.05) is 54.6 Å². The first kappa shape index (κ1) is 18.1. The van der Waals surface area contributed by atoms with Crippen LogP contribution in [0, 0.1) is 0 Å². The maximum absolute atomic E-state index is 12.3. The summed E-state index contributed by atoms with van der Waals surface area (Å²) in [7, 11) is -2.27. The van der Waals surface area contributed by atoms with E-state index in [9.17, 15) is 8.42 Å². The van der Waals surface area contributed by atoms with Gasteiger partial charge in [0.1, 0.15) is 11.6 Å². The van der Waals surface area contributed by atoms with E-state index in [-0.39, 0.29) is 5.84 Å². The summed E-state index contributed by atoms with van der Waals surface area (Å²) in [4.78, 5) is 0. The zero-order chi connectivity index (χ0) is 19.6. The van der Waals surface area contributed by atoms with Gasteiger partial charge in [0.2, 0.25) is 0 Å². The molecule has 4 rings (SSSR count). The van der Waals surface area contributed by atoms with Gasteiger partial charge in [-0.05, 0) is 28.5 Å². The summed E-state index contributed by atoms with van der Waals surface area (Å²) in [6.07, 6.45) is 2.14. The second-order valence-corrected chi connectivity index (χ2v) is 7.70. The zero-order valence-corrected chi connectivity index (χ0v) is 16.0. The fraction of sp³-hybridized carbons (Fsp3) is 0.0952. The number of methoxy groups -OCH3 is 1. The molecule has 0 unspecified atom stereocenters. The van der Waals surface area contributed by atoms with Crippen molar-refractivity contribution in [3.63, 3.8) is 0 Å². The standard InChI is InChI=1S/C21H19N3O3S/c1-27-20-12-5-4-11-19(20)22-21-14-17(23-28(25,26)24-21)13-16-9-6-8-15-7-2-3-10-18(15)16/h2-12,14,23H,13H2,1H3,(H,22,24). The summed E-state index contributed by atoms with van der Waals surface area (Å²) in [5, 5.41) is 5.24. The van der Waals surface area contributed by atoms with Crippen LogP contribution < -0.4 is 14.8 Å². The molecule has 0 saturated heterocycles. The van der Waals surface area contributed by atoms with E-state index in [2.05, 4.69) is 14.4 Å². The highest BCUT2D eigenvalue weighted by molar-refractivity contribution is 7.88. The normalized spacial score (nSPS) is 15.3. The van der Waals surface area contributed by atoms with E-state index < -0.39 is 10.2 Å². The first-order valence-electron chi connectivity index (χ1n) is 8.74. The minimum atomic E-state index is -3.83. The lowest BCUT2D eigenvalue weighted by Crippen LogP contribution is -2.30. The van der Waals surface area contributed by atoms with Crippen LogP contribution in [0.4, 0.5) is 5.69 Å². The van der Waals surface area contributed by atoms with Crippen molar-refractivity contribution in [2.75, 3.05) is 12.4 Å². The van der Waals surface area contributed by atoms with Gasteiger partial charge in [0, 0.05) is 18.2 Å². The van der Waals surface area contributed by atoms with E-state index in [0.29, 0.717) is 23.6 Å². The largest absolute Gasteiger partial charge is 0.495 e. The number of anilines is 1. The molecule has 3 aromatic carbocycles. The second-order valence-electron chi connectivity index (χ2n) is 6.36. The molecule has 0 aliphatic carbocycles. The average molecular weight is 393 g/mol. The third-order valence-corrected chi connectivity index (χ3v) is 5.38. The molecule has 1 aliphatic rings. The average Bonchev–Trinajstić information content (AvgIpc) is 2.67. The van der Waals surface area contributed by atoms with E-state index in [4.69, 9.17) is 4.74 Å². The minimum absolute atomic E-state index is 0.235. The monoisotopic (exact) mass is 393 g/mol. The number of fused-ring (bicyclic) bond motifs is 1. The van der Waals surface area contributed by atoms with Crippen LogP contribution in [0.15, 0.2) is 82.9 Å². The molecule has 142 valence electrons. The first-order valence-corrected chi connectivity index (χ1v) is 10.2. The third kappa shape index (κ3) is 3.84. The minimum Gasteiger partial charge on any atom is -0.495 e. The van der Waals surface area contributed by atoms with Gasteiger partial charge in [-0.25, -0.2) is 0 Å². The number of rotatable bonds is 4. The number of benzene rings is 3. The van der Waals surface area contributed by atoms with Gasteiger partial charge in [-0.15, -0.1) is 4.40 Å². The highest BCUT2D eigenvalue weighted by Crippen LogP contribution is 2.25. The van der Waals surface area contributed by atoms with E-state index >= 15 is 0 Å². The molecule has 0 atom stereocenters. The molecule has 3 aromatic rings. The van der Waals surface area contributed by atoms with Crippen LogP contribution in [0.25, 0.3) is 10.8 Å². The van der Waals surface area contributed by atoms with Crippen molar-refractivity contribution in [1.82, 2.24) is 4.72 Å². The Kier molecular flexibility index (Phi) is 4.75. The summed E-state index contributed by atoms with van der Waals surface area (Å²) in [5.74, 6) is 0.837. The number of hydrogen-bond donors (Lipinski definition) is 2. The van der Waals surface area contributed by atoms with E-state index in [0.717, 1.165) is 16.3 Å². The van der Waals surface area contributed by atoms with E-state index in [1.165, 1.54) is 0 Å². The molecule has 2 N–H and O–H groups in total. The van der Waals surface area contributed by atoms with E-state index in [1.807, 2.05) is 54.6 Å². The summed E-state index contributed by atoms with van der Waals surface area (Å²) in [6, 6.07) is 21.3. The van der Waals surface area contributed by atoms with Crippen LogP contribution in [0.5, 0.6) is 5.75 Å². The van der Waals surface area contributed by atoms with Gasteiger partial charge < -0.3 is 10.1 Å². The van der Waals surface area contributed by atoms with Crippen LogP contribution in [0.2, 0.25) is 0 Å². The maximum atomic E-state index is 12.3. The molecule has 28 heavy (non-hydrogen) atoms. The number of amidine groups is 1. The number of nitrogens with one attached hydrogen (secondary N) is 2. The molecule has 0 radical (unpaired) electrons. The van der Waals surface area contributed by atoms with Crippen molar-refractivity contribution < 1.29 is 13.2 Å². The Morgan fingerprint density at radius 2 is 1.75 bits per heavy atom. The SMILES string of the molecule is COc1ccccc1NC1=NS(=O)(=O)NC(Cc2cccc3ccccc23)=C1. The summed E-state index contributed by atoms with van der Waals surface area (Å²) < 4.78 is 36.1. The fourth-order valence-electron chi connectivity index (χ4n) is 3.22. The molecule has 7 heteroatoms. The highest BCUT2D eigenvalue weighted by atomic mass is 32.2. The molecule has 0 amide bonds. The molecular formula is C21H19N3O3S. The van der Waals surface area contributed by atoms with Gasteiger partial charge in [-0.3, -0.25) is 4.72 Å². The Bertz CT molecular complexity index is 1200. The van der Waals surface area contributed by atoms with Crippen molar-refractivity contribution in [2.24, 2.45) is 4.40 Å². The van der Waals surface area contributed by atoms with Crippen LogP contribution in [-0.2, 0) is 16.6 Å². The van der Waals surface area contributed by atoms with Crippen molar-refractivity contribution in [3.8, 4) is 5.75 Å². The maximum Gasteiger partial charge on any atom is 0.343 e. The number of para-hydroxylation sites is 2. The summed E-state index contributed by atoms with van der Waals surface area (Å²) in [5.41, 5.74) is 2.22. The van der Waals surface area contributed by atoms with Gasteiger partial charge in [-0.2, -0.15) is 8.42 Å². The van der Waals surface area contributed by atoms with Crippen molar-refractivity contribution in [2.45, 2.75) is 6.42 Å². The summed E-state index contributed by atoms with van der Waals surface area (Å²) >= 11 is 0. The third-order valence-electron chi connectivity index (χ3n) is 4.42. The Morgan fingerprint density at radius 3 is 2.61 bits per heavy atom. The van der Waals surface area contributed by atoms with E-state index in [1.54, 1.807) is 25.3 Å². The van der Waals surface area contributed by atoms with Crippen molar-refractivity contribution in [1.29, 1.82) is 0 Å². The topological polar surface area (TPSA) is 79.8 Å². The molecule has 1 heterocycles. The quantitative estimate of drug-likeness (QED) is 0.709. The second kappa shape index (κ2) is 7.36. The summed E-state index contributed by atoms with van der Waals surface area (Å²) in [6.45, 7) is 0. The molecule has 0 saturated carbocycles. The molecule has 0 spiro atoms. The molecule has 0 bridgehead atoms. The van der Waals surface area contributed by atoms with Gasteiger partial charge in [0.15, 0.2) is 0 Å². The predicted octanol–water partition coefficient (Wildman–Crippen LogP) is 3.63. The number of allylic oxidation sites excluding steroid dienone is 1. The van der Waals surface area contributed by atoms with Gasteiger partial charge >= 0.3 is 10.2 Å². The van der Waals surface area contributed by atoms with Crippen LogP contribution in [0.1, 0.15) is 5.56 Å². The molecule has 1 aliphatic heterocycles. The molecule has 0 fully saturated rings. The highest BCUT2D eigenvalue weighted by Gasteiger charge is 2.19. The van der Waals surface area contributed by atoms with Crippen LogP contribution in [-0.4, -0.2) is 21.4 Å². The Morgan fingerprint density at radius 1 is 1.00 bits per heavy atom. The van der Waals surface area contributed by atoms with Gasteiger partial charge in [0.25, 0.3) is 0 Å². The van der Waals surface area contributed by atoms with Crippen LogP contribution >= 0.6 is 0 Å². The van der Waals surface area contributed by atoms with Crippen molar-refractivity contribution in [3.05, 3.63) is 84.1 Å². The lowest BCUT2D eigenvalue weighted by Gasteiger charge is -2.18. The number of ether oxygens (including phenoxy) is 1. The molecule has 0 aromatic heterocycles. The Labute approximate surface area is 163 Å². The van der Waals surface area contributed by atoms with Crippen LogP contribution in [0.3, 0.4) is 0 Å². The van der Waals surface area contributed by atoms with Crippen molar-refractivity contribution >= 4 is 32.5 Å². The number of hydrogen-bond acceptors (Lipinski definition) is 4. The smallest absolute Gasteiger partial charge is 0.343 e. The number of nitrogens with zero attached hydrogens (tertiary/aromatic N) is 1. The Balaban J connectivity index is 1.67. The Hall–Kier alpha value is -3.32. The first-order chi connectivity index (χ1) is 13.5. The molecular weight excluding hydrogens is 374 g/mol.